The molecule has 0 aromatic heterocycles. The third kappa shape index (κ3) is 1.71. The van der Waals surface area contributed by atoms with Crippen LogP contribution in [0.1, 0.15) is 65.2 Å². The molecule has 0 radical (unpaired) electrons. The van der Waals surface area contributed by atoms with E-state index in [2.05, 4.69) is 26.0 Å². The number of hydrogen-bond donors (Lipinski definition) is 0. The first-order chi connectivity index (χ1) is 9.20. The van der Waals surface area contributed by atoms with Gasteiger partial charge in [-0.05, 0) is 85.9 Å². The Kier molecular flexibility index (Phi) is 2.87. The molecular weight excluding hydrogens is 228 g/mol. The molecule has 4 aliphatic carbocycles. The van der Waals surface area contributed by atoms with Crippen molar-refractivity contribution in [3.8, 4) is 0 Å². The van der Waals surface area contributed by atoms with E-state index in [0.29, 0.717) is 5.41 Å². The molecule has 0 aromatic rings. The van der Waals surface area contributed by atoms with Crippen LogP contribution in [-0.4, -0.2) is 0 Å². The summed E-state index contributed by atoms with van der Waals surface area (Å²) in [6.45, 7) is 5.18. The van der Waals surface area contributed by atoms with Crippen LogP contribution in [-0.2, 0) is 0 Å². The average molecular weight is 258 g/mol. The average Bonchev–Trinajstić information content (AvgIpc) is 2.80. The van der Waals surface area contributed by atoms with Gasteiger partial charge in [0.1, 0.15) is 0 Å². The third-order valence-corrected chi connectivity index (χ3v) is 7.89. The van der Waals surface area contributed by atoms with Crippen LogP contribution in [0.5, 0.6) is 0 Å². The van der Waals surface area contributed by atoms with E-state index in [-0.39, 0.29) is 0 Å². The van der Waals surface area contributed by atoms with Crippen LogP contribution in [0.4, 0.5) is 0 Å². The molecule has 0 N–H and O–H groups in total. The van der Waals surface area contributed by atoms with Gasteiger partial charge in [0.15, 0.2) is 0 Å². The Morgan fingerprint density at radius 3 is 2.53 bits per heavy atom. The SMILES string of the molecule is CC1CCC2C1CCC1C2CC[C@H]2CC=CC[C@]12C. The number of hydrogen-bond acceptors (Lipinski definition) is 0. The zero-order chi connectivity index (χ0) is 13.0. The first-order valence-corrected chi connectivity index (χ1v) is 8.85. The molecule has 4 aliphatic rings. The summed E-state index contributed by atoms with van der Waals surface area (Å²) in [4.78, 5) is 0. The van der Waals surface area contributed by atoms with Crippen molar-refractivity contribution in [2.45, 2.75) is 65.2 Å². The van der Waals surface area contributed by atoms with Gasteiger partial charge in [-0.25, -0.2) is 0 Å². The highest BCUT2D eigenvalue weighted by atomic mass is 14.6. The lowest BCUT2D eigenvalue weighted by atomic mass is 9.48. The molecule has 0 saturated heterocycles. The van der Waals surface area contributed by atoms with Crippen LogP contribution < -0.4 is 0 Å². The Hall–Kier alpha value is -0.260. The molecule has 0 aliphatic heterocycles. The van der Waals surface area contributed by atoms with E-state index in [9.17, 15) is 0 Å². The number of allylic oxidation sites excluding steroid dienone is 2. The minimum atomic E-state index is 0.661. The van der Waals surface area contributed by atoms with E-state index in [1.165, 1.54) is 25.7 Å². The van der Waals surface area contributed by atoms with Crippen LogP contribution >= 0.6 is 0 Å². The highest BCUT2D eigenvalue weighted by molar-refractivity contribution is 5.09. The van der Waals surface area contributed by atoms with E-state index in [0.717, 1.165) is 35.5 Å². The first-order valence-electron chi connectivity index (χ1n) is 8.85. The van der Waals surface area contributed by atoms with Crippen LogP contribution in [0.3, 0.4) is 0 Å². The van der Waals surface area contributed by atoms with Gasteiger partial charge in [0.25, 0.3) is 0 Å². The topological polar surface area (TPSA) is 0 Å². The fourth-order valence-corrected chi connectivity index (χ4v) is 6.78. The summed E-state index contributed by atoms with van der Waals surface area (Å²) in [6, 6.07) is 0. The largest absolute Gasteiger partial charge is 0.0882 e. The van der Waals surface area contributed by atoms with E-state index < -0.39 is 0 Å². The third-order valence-electron chi connectivity index (χ3n) is 7.89. The summed E-state index contributed by atoms with van der Waals surface area (Å²) in [5.74, 6) is 6.40. The number of fused-ring (bicyclic) bond motifs is 5. The van der Waals surface area contributed by atoms with E-state index in [4.69, 9.17) is 0 Å². The van der Waals surface area contributed by atoms with Gasteiger partial charge >= 0.3 is 0 Å². The molecule has 0 amide bonds. The fraction of sp³-hybridized carbons (Fsp3) is 0.895. The Bertz CT molecular complexity index is 381. The minimum absolute atomic E-state index is 0.661. The Morgan fingerprint density at radius 2 is 1.63 bits per heavy atom. The monoisotopic (exact) mass is 258 g/mol. The summed E-state index contributed by atoms with van der Waals surface area (Å²) in [5, 5.41) is 0. The van der Waals surface area contributed by atoms with Crippen molar-refractivity contribution in [3.63, 3.8) is 0 Å². The quantitative estimate of drug-likeness (QED) is 0.507. The molecule has 0 nitrogen and oxygen atoms in total. The zero-order valence-corrected chi connectivity index (χ0v) is 12.8. The lowest BCUT2D eigenvalue weighted by Gasteiger charge is -2.57. The van der Waals surface area contributed by atoms with Crippen molar-refractivity contribution in [2.24, 2.45) is 40.9 Å². The van der Waals surface area contributed by atoms with Gasteiger partial charge in [-0.15, -0.1) is 0 Å². The molecule has 0 heterocycles. The normalized spacial score (nSPS) is 56.3. The van der Waals surface area contributed by atoms with E-state index in [1.807, 2.05) is 0 Å². The van der Waals surface area contributed by atoms with Gasteiger partial charge in [-0.1, -0.05) is 32.4 Å². The minimum Gasteiger partial charge on any atom is -0.0882 e. The van der Waals surface area contributed by atoms with Gasteiger partial charge in [0, 0.05) is 0 Å². The zero-order valence-electron chi connectivity index (χ0n) is 12.8. The van der Waals surface area contributed by atoms with Crippen LogP contribution in [0.2, 0.25) is 0 Å². The summed E-state index contributed by atoms with van der Waals surface area (Å²) >= 11 is 0. The second-order valence-electron chi connectivity index (χ2n) is 8.42. The molecule has 0 aromatic carbocycles. The lowest BCUT2D eigenvalue weighted by Crippen LogP contribution is -2.49. The van der Waals surface area contributed by atoms with Crippen molar-refractivity contribution >= 4 is 0 Å². The summed E-state index contributed by atoms with van der Waals surface area (Å²) in [7, 11) is 0. The van der Waals surface area contributed by atoms with Gasteiger partial charge < -0.3 is 0 Å². The summed E-state index contributed by atoms with van der Waals surface area (Å²) in [5.41, 5.74) is 0.661. The molecule has 0 heteroatoms. The molecule has 4 rings (SSSR count). The first kappa shape index (κ1) is 12.5. The Balaban J connectivity index is 1.63. The van der Waals surface area contributed by atoms with Crippen LogP contribution in [0, 0.1) is 40.9 Å². The maximum Gasteiger partial charge on any atom is -0.0229 e. The van der Waals surface area contributed by atoms with Crippen molar-refractivity contribution in [3.05, 3.63) is 12.2 Å². The number of rotatable bonds is 0. The molecule has 106 valence electrons. The Morgan fingerprint density at radius 1 is 0.842 bits per heavy atom. The summed E-state index contributed by atoms with van der Waals surface area (Å²) < 4.78 is 0. The highest BCUT2D eigenvalue weighted by Gasteiger charge is 2.54. The molecule has 7 atom stereocenters. The smallest absolute Gasteiger partial charge is 0.0229 e. The predicted octanol–water partition coefficient (Wildman–Crippen LogP) is 5.44. The molecule has 0 spiro atoms. The second-order valence-corrected chi connectivity index (χ2v) is 8.42. The summed E-state index contributed by atoms with van der Waals surface area (Å²) in [6.07, 6.45) is 17.0. The van der Waals surface area contributed by atoms with Crippen molar-refractivity contribution in [1.29, 1.82) is 0 Å². The predicted molar refractivity (Wildman–Crippen MR) is 80.8 cm³/mol. The lowest BCUT2D eigenvalue weighted by molar-refractivity contribution is -0.0675. The van der Waals surface area contributed by atoms with Crippen LogP contribution in [0.25, 0.3) is 0 Å². The van der Waals surface area contributed by atoms with Crippen LogP contribution in [0.15, 0.2) is 12.2 Å². The maximum atomic E-state index is 2.65. The maximum absolute atomic E-state index is 2.65. The second kappa shape index (κ2) is 4.37. The van der Waals surface area contributed by atoms with Crippen molar-refractivity contribution in [2.75, 3.05) is 0 Å². The molecule has 3 fully saturated rings. The fourth-order valence-electron chi connectivity index (χ4n) is 6.78. The van der Waals surface area contributed by atoms with Gasteiger partial charge in [0.05, 0.1) is 0 Å². The van der Waals surface area contributed by atoms with Gasteiger partial charge in [0.2, 0.25) is 0 Å². The Labute approximate surface area is 119 Å². The molecule has 5 unspecified atom stereocenters. The van der Waals surface area contributed by atoms with Gasteiger partial charge in [-0.2, -0.15) is 0 Å². The van der Waals surface area contributed by atoms with Crippen molar-refractivity contribution < 1.29 is 0 Å². The standard InChI is InChI=1S/C19H30/c1-13-6-8-16-15(13)10-11-18-17(16)9-7-14-5-3-4-12-19(14,18)2/h3-4,13-18H,5-12H2,1-2H3/t13?,14-,15?,16?,17?,18?,19+/m1/s1. The highest BCUT2D eigenvalue weighted by Crippen LogP contribution is 2.62. The molecule has 0 bridgehead atoms. The van der Waals surface area contributed by atoms with E-state index >= 15 is 0 Å². The van der Waals surface area contributed by atoms with E-state index in [1.54, 1.807) is 25.7 Å². The molecule has 19 heavy (non-hydrogen) atoms. The molecular formula is C19H30. The molecule has 3 saturated carbocycles. The van der Waals surface area contributed by atoms with Gasteiger partial charge in [-0.3, -0.25) is 0 Å². The van der Waals surface area contributed by atoms with Crippen molar-refractivity contribution in [1.82, 2.24) is 0 Å².